The highest BCUT2D eigenvalue weighted by atomic mass is 79.9. The van der Waals surface area contributed by atoms with Crippen molar-refractivity contribution in [2.75, 3.05) is 21.6 Å². The predicted molar refractivity (Wildman–Crippen MR) is 101 cm³/mol. The summed E-state index contributed by atoms with van der Waals surface area (Å²) in [4.78, 5) is 12.2. The number of carbonyl (C=O) groups is 1. The SMILES string of the molecule is CC(Nc1ccc(NS(C)(=O)=O)cc1)C(=O)Nc1ccc(Br)cc1. The van der Waals surface area contributed by atoms with Crippen LogP contribution in [0.1, 0.15) is 6.92 Å². The first kappa shape index (κ1) is 18.3. The van der Waals surface area contributed by atoms with Gasteiger partial charge < -0.3 is 10.6 Å². The summed E-state index contributed by atoms with van der Waals surface area (Å²) in [5, 5.41) is 5.88. The van der Waals surface area contributed by atoms with Crippen LogP contribution in [-0.2, 0) is 14.8 Å². The lowest BCUT2D eigenvalue weighted by Gasteiger charge is -2.16. The fourth-order valence-corrected chi connectivity index (χ4v) is 2.78. The van der Waals surface area contributed by atoms with Crippen LogP contribution in [0.5, 0.6) is 0 Å². The lowest BCUT2D eigenvalue weighted by molar-refractivity contribution is -0.116. The Labute approximate surface area is 149 Å². The molecule has 1 unspecified atom stereocenters. The van der Waals surface area contributed by atoms with Crippen LogP contribution < -0.4 is 15.4 Å². The minimum absolute atomic E-state index is 0.171. The van der Waals surface area contributed by atoms with Gasteiger partial charge in [0.15, 0.2) is 0 Å². The molecule has 3 N–H and O–H groups in total. The van der Waals surface area contributed by atoms with Crippen molar-refractivity contribution >= 4 is 48.9 Å². The molecule has 2 aromatic carbocycles. The number of anilines is 3. The highest BCUT2D eigenvalue weighted by Gasteiger charge is 2.13. The topological polar surface area (TPSA) is 87.3 Å². The molecule has 0 aliphatic heterocycles. The molecule has 8 heteroatoms. The Morgan fingerprint density at radius 3 is 2.00 bits per heavy atom. The Kier molecular flexibility index (Phi) is 5.84. The second-order valence-corrected chi connectivity index (χ2v) is 7.98. The van der Waals surface area contributed by atoms with Crippen LogP contribution in [0.25, 0.3) is 0 Å². The van der Waals surface area contributed by atoms with Crippen LogP contribution in [0.4, 0.5) is 17.1 Å². The Hall–Kier alpha value is -2.06. The van der Waals surface area contributed by atoms with Gasteiger partial charge in [0, 0.05) is 21.5 Å². The molecular weight excluding hydrogens is 394 g/mol. The molecule has 6 nitrogen and oxygen atoms in total. The van der Waals surface area contributed by atoms with Gasteiger partial charge in [-0.1, -0.05) is 15.9 Å². The molecule has 0 radical (unpaired) electrons. The first-order valence-corrected chi connectivity index (χ1v) is 9.82. The fraction of sp³-hybridized carbons (Fsp3) is 0.188. The number of halogens is 1. The molecule has 0 aliphatic carbocycles. The molecule has 1 atom stereocenters. The fourth-order valence-electron chi connectivity index (χ4n) is 1.95. The number of nitrogens with one attached hydrogen (secondary N) is 3. The molecule has 128 valence electrons. The molecule has 0 saturated carbocycles. The lowest BCUT2D eigenvalue weighted by Crippen LogP contribution is -2.31. The normalized spacial score (nSPS) is 12.3. The number of hydrogen-bond acceptors (Lipinski definition) is 4. The molecule has 24 heavy (non-hydrogen) atoms. The first-order chi connectivity index (χ1) is 11.2. The van der Waals surface area contributed by atoms with Crippen molar-refractivity contribution in [2.45, 2.75) is 13.0 Å². The summed E-state index contributed by atoms with van der Waals surface area (Å²) in [6.07, 6.45) is 1.09. The van der Waals surface area contributed by atoms with E-state index in [4.69, 9.17) is 0 Å². The Morgan fingerprint density at radius 2 is 1.46 bits per heavy atom. The lowest BCUT2D eigenvalue weighted by atomic mass is 10.2. The van der Waals surface area contributed by atoms with E-state index in [1.165, 1.54) is 0 Å². The van der Waals surface area contributed by atoms with Crippen molar-refractivity contribution in [1.29, 1.82) is 0 Å². The van der Waals surface area contributed by atoms with E-state index in [9.17, 15) is 13.2 Å². The van der Waals surface area contributed by atoms with E-state index in [1.54, 1.807) is 43.3 Å². The van der Waals surface area contributed by atoms with Crippen molar-refractivity contribution in [1.82, 2.24) is 0 Å². The minimum Gasteiger partial charge on any atom is -0.374 e. The van der Waals surface area contributed by atoms with Crippen molar-refractivity contribution in [3.63, 3.8) is 0 Å². The van der Waals surface area contributed by atoms with Crippen molar-refractivity contribution in [3.8, 4) is 0 Å². The van der Waals surface area contributed by atoms with Gasteiger partial charge in [-0.25, -0.2) is 8.42 Å². The Balaban J connectivity index is 1.94. The van der Waals surface area contributed by atoms with Gasteiger partial charge in [-0.3, -0.25) is 9.52 Å². The third-order valence-corrected chi connectivity index (χ3v) is 4.21. The van der Waals surface area contributed by atoms with E-state index >= 15 is 0 Å². The van der Waals surface area contributed by atoms with Gasteiger partial charge in [0.2, 0.25) is 15.9 Å². The van der Waals surface area contributed by atoms with Crippen molar-refractivity contribution < 1.29 is 13.2 Å². The van der Waals surface area contributed by atoms with E-state index in [0.29, 0.717) is 17.1 Å². The smallest absolute Gasteiger partial charge is 0.246 e. The maximum absolute atomic E-state index is 12.2. The molecule has 0 bridgehead atoms. The van der Waals surface area contributed by atoms with Gasteiger partial charge in [0.1, 0.15) is 6.04 Å². The predicted octanol–water partition coefficient (Wildman–Crippen LogP) is 3.26. The summed E-state index contributed by atoms with van der Waals surface area (Å²) >= 11 is 3.34. The van der Waals surface area contributed by atoms with E-state index in [0.717, 1.165) is 10.7 Å². The zero-order valence-corrected chi connectivity index (χ0v) is 15.6. The highest BCUT2D eigenvalue weighted by molar-refractivity contribution is 9.10. The second-order valence-electron chi connectivity index (χ2n) is 5.31. The molecule has 0 aliphatic rings. The molecule has 0 spiro atoms. The number of rotatable bonds is 6. The van der Waals surface area contributed by atoms with Crippen LogP contribution in [0, 0.1) is 0 Å². The van der Waals surface area contributed by atoms with E-state index < -0.39 is 16.1 Å². The van der Waals surface area contributed by atoms with E-state index in [1.807, 2.05) is 12.1 Å². The summed E-state index contributed by atoms with van der Waals surface area (Å²) in [5.74, 6) is -0.171. The van der Waals surface area contributed by atoms with Gasteiger partial charge in [-0.05, 0) is 55.5 Å². The highest BCUT2D eigenvalue weighted by Crippen LogP contribution is 2.17. The van der Waals surface area contributed by atoms with Crippen LogP contribution in [-0.4, -0.2) is 26.6 Å². The number of hydrogen-bond donors (Lipinski definition) is 3. The summed E-state index contributed by atoms with van der Waals surface area (Å²) < 4.78 is 25.7. The number of sulfonamides is 1. The van der Waals surface area contributed by atoms with Crippen LogP contribution in [0.15, 0.2) is 53.0 Å². The summed E-state index contributed by atoms with van der Waals surface area (Å²) in [5.41, 5.74) is 1.90. The molecule has 0 saturated heterocycles. The molecule has 0 aromatic heterocycles. The second kappa shape index (κ2) is 7.67. The maximum atomic E-state index is 12.2. The van der Waals surface area contributed by atoms with E-state index in [2.05, 4.69) is 31.3 Å². The quantitative estimate of drug-likeness (QED) is 0.680. The zero-order chi connectivity index (χ0) is 17.7. The minimum atomic E-state index is -3.30. The third-order valence-electron chi connectivity index (χ3n) is 3.08. The number of benzene rings is 2. The molecule has 2 aromatic rings. The molecule has 0 heterocycles. The van der Waals surface area contributed by atoms with Crippen molar-refractivity contribution in [2.24, 2.45) is 0 Å². The van der Waals surface area contributed by atoms with Crippen LogP contribution >= 0.6 is 15.9 Å². The number of amides is 1. The largest absolute Gasteiger partial charge is 0.374 e. The standard InChI is InChI=1S/C16H18BrN3O3S/c1-11(16(21)19-14-5-3-12(17)4-6-14)18-13-7-9-15(10-8-13)20-24(2,22)23/h3-11,18,20H,1-2H3,(H,19,21). The van der Waals surface area contributed by atoms with Gasteiger partial charge in [0.25, 0.3) is 0 Å². The van der Waals surface area contributed by atoms with Gasteiger partial charge >= 0.3 is 0 Å². The summed E-state index contributed by atoms with van der Waals surface area (Å²) in [6, 6.07) is 13.5. The van der Waals surface area contributed by atoms with Gasteiger partial charge in [-0.15, -0.1) is 0 Å². The summed E-state index contributed by atoms with van der Waals surface area (Å²) in [7, 11) is -3.30. The molecular formula is C16H18BrN3O3S. The van der Waals surface area contributed by atoms with Crippen LogP contribution in [0.2, 0.25) is 0 Å². The van der Waals surface area contributed by atoms with Gasteiger partial charge in [-0.2, -0.15) is 0 Å². The van der Waals surface area contributed by atoms with Gasteiger partial charge in [0.05, 0.1) is 6.26 Å². The average Bonchev–Trinajstić information content (AvgIpc) is 2.50. The Bertz CT molecular complexity index is 805. The number of carbonyl (C=O) groups excluding carboxylic acids is 1. The summed E-state index contributed by atoms with van der Waals surface area (Å²) in [6.45, 7) is 1.75. The maximum Gasteiger partial charge on any atom is 0.246 e. The molecule has 0 fully saturated rings. The molecule has 2 rings (SSSR count). The van der Waals surface area contributed by atoms with Crippen LogP contribution in [0.3, 0.4) is 0 Å². The first-order valence-electron chi connectivity index (χ1n) is 7.14. The van der Waals surface area contributed by atoms with Crippen molar-refractivity contribution in [3.05, 3.63) is 53.0 Å². The molecule has 1 amide bonds. The monoisotopic (exact) mass is 411 g/mol. The Morgan fingerprint density at radius 1 is 0.958 bits per heavy atom. The zero-order valence-electron chi connectivity index (χ0n) is 13.2. The third kappa shape index (κ3) is 5.86. The average molecular weight is 412 g/mol. The van der Waals surface area contributed by atoms with E-state index in [-0.39, 0.29) is 5.91 Å².